The third-order valence-corrected chi connectivity index (χ3v) is 15.0. The second-order valence-electron chi connectivity index (χ2n) is 18.5. The first kappa shape index (κ1) is 55.7. The number of hydrogen-bond donors (Lipinski definition) is 3. The van der Waals surface area contributed by atoms with Crippen molar-refractivity contribution in [2.45, 2.75) is 78.4 Å². The van der Waals surface area contributed by atoms with Gasteiger partial charge < -0.3 is 45.2 Å². The molecule has 23 heteroatoms. The number of carboxylic acid groups (broad SMARTS) is 1. The van der Waals surface area contributed by atoms with Crippen LogP contribution in [-0.2, 0) is 25.9 Å². The summed E-state index contributed by atoms with van der Waals surface area (Å²) in [5.74, 6) is -1.48. The first-order chi connectivity index (χ1) is 36.6. The van der Waals surface area contributed by atoms with Gasteiger partial charge in [-0.1, -0.05) is 38.1 Å². The van der Waals surface area contributed by atoms with E-state index < -0.39 is 18.7 Å². The Morgan fingerprint density at radius 2 is 1.04 bits per heavy atom. The number of imidazole rings is 2. The largest absolute Gasteiger partial charge is 0.573 e. The van der Waals surface area contributed by atoms with Gasteiger partial charge in [0.15, 0.2) is 15.6 Å². The average molecular weight is 1110 g/mol. The van der Waals surface area contributed by atoms with Crippen LogP contribution in [0.2, 0.25) is 0 Å². The van der Waals surface area contributed by atoms with Gasteiger partial charge in [-0.15, -0.1) is 49.0 Å². The van der Waals surface area contributed by atoms with Gasteiger partial charge in [0.05, 0.1) is 23.5 Å². The molecule has 0 saturated carbocycles. The van der Waals surface area contributed by atoms with E-state index in [-0.39, 0.29) is 23.4 Å². The van der Waals surface area contributed by atoms with Crippen LogP contribution in [0, 0.1) is 13.8 Å². The Hall–Kier alpha value is -7.50. The Balaban J connectivity index is 0.000000171. The highest BCUT2D eigenvalue weighted by atomic mass is 32.1. The van der Waals surface area contributed by atoms with Crippen molar-refractivity contribution < 1.29 is 50.5 Å². The maximum atomic E-state index is 13.0. The number of rotatable bonds is 15. The van der Waals surface area contributed by atoms with Crippen LogP contribution in [0.4, 0.5) is 49.1 Å². The standard InChI is InChI=1S/C27H28F3N5O2S.C18H20F3N3O.C9H10N2O2S/c1-4-23-24(35-14-17(2)38-26(35)32-23)25(36)31-13-18-5-7-19(8-6-18)33(3)21-15-34(16-21)20-9-11-22(12-10-20)37-27(28,29)30;1-23(14-4-2-13(10-22)3-5-14)16-11-24(12-16)15-6-8-17(9-7-15)25-18(19,20)21;1-3-6-7(8(12)13)11-4-5(2)14-9(11)10-6/h5-12,14,21H,4,13,15-16H2,1-3H3,(H,31,36);2-9,16H,10-12,22H2,1H3;4H,3H2,1-2H3,(H,12,13). The number of halogens is 6. The number of carbonyl (C=O) groups excluding carboxylic acids is 1. The van der Waals surface area contributed by atoms with Crippen molar-refractivity contribution in [1.82, 2.24) is 24.1 Å². The van der Waals surface area contributed by atoms with Crippen molar-refractivity contribution in [3.63, 3.8) is 0 Å². The van der Waals surface area contributed by atoms with E-state index in [1.807, 2.05) is 107 Å². The molecule has 0 aliphatic carbocycles. The molecule has 2 aliphatic heterocycles. The van der Waals surface area contributed by atoms with Crippen LogP contribution in [0.25, 0.3) is 9.92 Å². The fraction of sp³-hybridized carbons (Fsp3) is 0.333. The predicted octanol–water partition coefficient (Wildman–Crippen LogP) is 10.8. The number of aryl methyl sites for hydroxylation is 4. The predicted molar refractivity (Wildman–Crippen MR) is 288 cm³/mol. The molecule has 2 aliphatic rings. The SMILES string of the molecule is CCc1nc2sc(C)cn2c1C(=O)NCc1ccc(N(C)C2CN(c3ccc(OC(F)(F)F)cc3)C2)cc1.CCc1nc2sc(C)cn2c1C(=O)O.CN(c1ccc(CN)cc1)C1CN(c2ccc(OC(F)(F)F)cc2)C1. The van der Waals surface area contributed by atoms with Crippen LogP contribution in [-0.4, -0.2) is 101 Å². The molecule has 4 aromatic heterocycles. The maximum absolute atomic E-state index is 13.0. The summed E-state index contributed by atoms with van der Waals surface area (Å²) in [6, 6.07) is 28.7. The summed E-state index contributed by atoms with van der Waals surface area (Å²) in [7, 11) is 4.07. The second-order valence-corrected chi connectivity index (χ2v) is 20.9. The zero-order valence-corrected chi connectivity index (χ0v) is 44.7. The minimum atomic E-state index is -4.69. The molecule has 0 bridgehead atoms. The van der Waals surface area contributed by atoms with Crippen LogP contribution in [0.5, 0.6) is 11.5 Å². The van der Waals surface area contributed by atoms with Gasteiger partial charge in [0.25, 0.3) is 5.91 Å². The summed E-state index contributed by atoms with van der Waals surface area (Å²) in [6.07, 6.45) is -4.25. The summed E-state index contributed by atoms with van der Waals surface area (Å²) < 4.78 is 85.0. The Morgan fingerprint density at radius 1 is 0.649 bits per heavy atom. The number of nitrogens with two attached hydrogens (primary N) is 1. The summed E-state index contributed by atoms with van der Waals surface area (Å²) in [4.78, 5) is 45.2. The zero-order chi connectivity index (χ0) is 55.3. The van der Waals surface area contributed by atoms with Crippen molar-refractivity contribution in [3.8, 4) is 11.5 Å². The fourth-order valence-corrected chi connectivity index (χ4v) is 10.6. The topological polar surface area (TPSA) is 158 Å². The lowest BCUT2D eigenvalue weighted by molar-refractivity contribution is -0.275. The number of carboxylic acids is 1. The molecular formula is C54H58F6N10O5S2. The number of thiazole rings is 2. The fourth-order valence-electron chi connectivity index (χ4n) is 8.90. The molecule has 15 nitrogen and oxygen atoms in total. The number of benzene rings is 4. The van der Waals surface area contributed by atoms with Crippen molar-refractivity contribution >= 4 is 67.2 Å². The van der Waals surface area contributed by atoms with Gasteiger partial charge >= 0.3 is 18.7 Å². The van der Waals surface area contributed by atoms with E-state index in [2.05, 4.69) is 44.4 Å². The van der Waals surface area contributed by atoms with Gasteiger partial charge in [-0.3, -0.25) is 13.6 Å². The monoisotopic (exact) mass is 1100 g/mol. The van der Waals surface area contributed by atoms with Gasteiger partial charge in [0, 0.05) is 98.3 Å². The number of aromatic carboxylic acids is 1. The van der Waals surface area contributed by atoms with E-state index in [1.54, 1.807) is 40.0 Å². The van der Waals surface area contributed by atoms with Gasteiger partial charge in [0.1, 0.15) is 17.2 Å². The van der Waals surface area contributed by atoms with Crippen molar-refractivity contribution in [3.05, 3.63) is 153 Å². The molecule has 2 fully saturated rings. The number of carbonyl (C=O) groups is 2. The van der Waals surface area contributed by atoms with Gasteiger partial charge in [-0.2, -0.15) is 0 Å². The van der Waals surface area contributed by atoms with E-state index >= 15 is 0 Å². The molecule has 2 saturated heterocycles. The minimum absolute atomic E-state index is 0.138. The van der Waals surface area contributed by atoms with E-state index in [9.17, 15) is 35.9 Å². The maximum Gasteiger partial charge on any atom is 0.573 e. The number of hydrogen-bond acceptors (Lipinski definition) is 13. The van der Waals surface area contributed by atoms with Crippen LogP contribution >= 0.6 is 22.7 Å². The number of anilines is 4. The molecule has 6 heterocycles. The third-order valence-electron chi connectivity index (χ3n) is 13.2. The summed E-state index contributed by atoms with van der Waals surface area (Å²) >= 11 is 3.08. The second kappa shape index (κ2) is 23.4. The molecule has 10 rings (SSSR count). The lowest BCUT2D eigenvalue weighted by Gasteiger charge is -2.46. The molecule has 0 radical (unpaired) electrons. The lowest BCUT2D eigenvalue weighted by atomic mass is 10.0. The van der Waals surface area contributed by atoms with E-state index in [1.165, 1.54) is 35.6 Å². The molecule has 0 unspecified atom stereocenters. The van der Waals surface area contributed by atoms with E-state index in [0.717, 1.165) is 85.4 Å². The number of fused-ring (bicyclic) bond motifs is 2. The molecule has 1 amide bonds. The zero-order valence-electron chi connectivity index (χ0n) is 43.0. The third kappa shape index (κ3) is 13.6. The van der Waals surface area contributed by atoms with Gasteiger partial charge in [0.2, 0.25) is 0 Å². The quantitative estimate of drug-likeness (QED) is 0.0836. The number of likely N-dealkylation sites (N-methyl/N-ethyl adjacent to an activating group) is 2. The molecule has 77 heavy (non-hydrogen) atoms. The Kier molecular flexibility index (Phi) is 16.9. The number of alkyl halides is 6. The lowest BCUT2D eigenvalue weighted by Crippen LogP contribution is -2.58. The highest BCUT2D eigenvalue weighted by molar-refractivity contribution is 7.17. The minimum Gasteiger partial charge on any atom is -0.477 e. The molecule has 408 valence electrons. The molecule has 8 aromatic rings. The van der Waals surface area contributed by atoms with Crippen LogP contribution in [0.15, 0.2) is 109 Å². The number of amides is 1. The molecule has 4 N–H and O–H groups in total. The van der Waals surface area contributed by atoms with Crippen molar-refractivity contribution in [2.75, 3.05) is 59.9 Å². The van der Waals surface area contributed by atoms with Crippen molar-refractivity contribution in [2.24, 2.45) is 5.73 Å². The van der Waals surface area contributed by atoms with Crippen LogP contribution < -0.4 is 40.1 Å². The highest BCUT2D eigenvalue weighted by Gasteiger charge is 2.34. The number of ether oxygens (including phenoxy) is 2. The van der Waals surface area contributed by atoms with E-state index in [4.69, 9.17) is 10.8 Å². The Labute approximate surface area is 448 Å². The van der Waals surface area contributed by atoms with Crippen LogP contribution in [0.1, 0.15) is 67.1 Å². The summed E-state index contributed by atoms with van der Waals surface area (Å²) in [5, 5.41) is 12.1. The first-order valence-corrected chi connectivity index (χ1v) is 26.2. The van der Waals surface area contributed by atoms with Gasteiger partial charge in [-0.05, 0) is 111 Å². The first-order valence-electron chi connectivity index (χ1n) is 24.6. The van der Waals surface area contributed by atoms with Crippen LogP contribution in [0.3, 0.4) is 0 Å². The average Bonchev–Trinajstić information content (AvgIpc) is 4.12. The molecular weight excluding hydrogens is 1050 g/mol. The molecule has 0 atom stereocenters. The summed E-state index contributed by atoms with van der Waals surface area (Å²) in [5.41, 5.74) is 14.0. The Morgan fingerprint density at radius 3 is 1.42 bits per heavy atom. The van der Waals surface area contributed by atoms with E-state index in [0.29, 0.717) is 49.1 Å². The number of nitrogens with zero attached hydrogens (tertiary/aromatic N) is 8. The summed E-state index contributed by atoms with van der Waals surface area (Å²) in [6.45, 7) is 11.9. The Bertz CT molecular complexity index is 3270. The number of aromatic nitrogens is 4. The molecule has 0 spiro atoms. The highest BCUT2D eigenvalue weighted by Crippen LogP contribution is 2.32. The molecule has 4 aromatic carbocycles. The smallest absolute Gasteiger partial charge is 0.477 e. The number of nitrogens with one attached hydrogen (secondary N) is 1. The normalized spacial score (nSPS) is 13.8. The van der Waals surface area contributed by atoms with Crippen molar-refractivity contribution in [1.29, 1.82) is 0 Å². The van der Waals surface area contributed by atoms with Gasteiger partial charge in [-0.25, -0.2) is 14.8 Å².